The van der Waals surface area contributed by atoms with Gasteiger partial charge in [-0.15, -0.1) is 0 Å². The Kier molecular flexibility index (Phi) is 10.2. The van der Waals surface area contributed by atoms with Crippen molar-refractivity contribution in [2.75, 3.05) is 18.0 Å². The predicted octanol–water partition coefficient (Wildman–Crippen LogP) is 6.08. The average Bonchev–Trinajstić information content (AvgIpc) is 2.96. The van der Waals surface area contributed by atoms with Gasteiger partial charge >= 0.3 is 0 Å². The number of carbonyl (C=O) groups excluding carboxylic acids is 1. The zero-order valence-electron chi connectivity index (χ0n) is 21.5. The molecule has 1 aromatic heterocycles. The number of halogens is 3. The van der Waals surface area contributed by atoms with E-state index in [9.17, 15) is 13.2 Å². The Hall–Kier alpha value is -3.64. The van der Waals surface area contributed by atoms with Gasteiger partial charge in [-0.1, -0.05) is 47.5 Å². The standard InChI is InChI=1S/C28H23BrCl2N4O5S/c1-39-26-13-19(12-24(29)28(26)40-18-20-9-10-21(30)14-25(20)31)15-33-34-27(36)17-35(22-6-5-11-32-16-22)41(37,38)23-7-3-2-4-8-23/h2-16H,17-18H2,1H3,(H,34,36)/b33-15-. The number of benzene rings is 3. The molecule has 0 unspecified atom stereocenters. The monoisotopic (exact) mass is 676 g/mol. The highest BCUT2D eigenvalue weighted by molar-refractivity contribution is 9.10. The van der Waals surface area contributed by atoms with Crippen LogP contribution in [-0.2, 0) is 21.4 Å². The van der Waals surface area contributed by atoms with Crippen LogP contribution < -0.4 is 19.2 Å². The van der Waals surface area contributed by atoms with Crippen LogP contribution in [0.25, 0.3) is 0 Å². The molecule has 3 aromatic carbocycles. The van der Waals surface area contributed by atoms with Crippen LogP contribution in [0.1, 0.15) is 11.1 Å². The van der Waals surface area contributed by atoms with E-state index in [2.05, 4.69) is 31.4 Å². The summed E-state index contributed by atoms with van der Waals surface area (Å²) >= 11 is 15.7. The van der Waals surface area contributed by atoms with Crippen LogP contribution in [0.3, 0.4) is 0 Å². The van der Waals surface area contributed by atoms with Crippen molar-refractivity contribution in [1.29, 1.82) is 0 Å². The fourth-order valence-corrected chi connectivity index (χ4v) is 6.09. The lowest BCUT2D eigenvalue weighted by Gasteiger charge is -2.23. The molecule has 0 radical (unpaired) electrons. The maximum absolute atomic E-state index is 13.3. The number of nitrogens with one attached hydrogen (secondary N) is 1. The molecule has 1 heterocycles. The van der Waals surface area contributed by atoms with Crippen molar-refractivity contribution in [3.05, 3.63) is 111 Å². The number of hydrogen-bond donors (Lipinski definition) is 1. The van der Waals surface area contributed by atoms with Gasteiger partial charge < -0.3 is 9.47 Å². The molecule has 4 aromatic rings. The van der Waals surface area contributed by atoms with Gasteiger partial charge in [0.1, 0.15) is 13.2 Å². The van der Waals surface area contributed by atoms with Gasteiger partial charge in [0, 0.05) is 21.8 Å². The second kappa shape index (κ2) is 13.8. The first-order valence-corrected chi connectivity index (χ1v) is 14.9. The fourth-order valence-electron chi connectivity index (χ4n) is 3.62. The molecule has 0 saturated carbocycles. The summed E-state index contributed by atoms with van der Waals surface area (Å²) in [4.78, 5) is 16.8. The first-order chi connectivity index (χ1) is 19.7. The lowest BCUT2D eigenvalue weighted by Crippen LogP contribution is -2.39. The van der Waals surface area contributed by atoms with Gasteiger partial charge in [0.2, 0.25) is 0 Å². The number of sulfonamides is 1. The quantitative estimate of drug-likeness (QED) is 0.152. The molecule has 0 aliphatic rings. The largest absolute Gasteiger partial charge is 0.493 e. The Bertz CT molecular complexity index is 1660. The topological polar surface area (TPSA) is 110 Å². The number of carbonyl (C=O) groups is 1. The van der Waals surface area contributed by atoms with E-state index in [1.807, 2.05) is 0 Å². The lowest BCUT2D eigenvalue weighted by molar-refractivity contribution is -0.119. The van der Waals surface area contributed by atoms with E-state index in [-0.39, 0.29) is 17.2 Å². The Morgan fingerprint density at radius 2 is 1.88 bits per heavy atom. The molecular weight excluding hydrogens is 655 g/mol. The van der Waals surface area contributed by atoms with Crippen molar-refractivity contribution >= 4 is 67.0 Å². The zero-order chi connectivity index (χ0) is 29.4. The third kappa shape index (κ3) is 7.76. The van der Waals surface area contributed by atoms with Crippen LogP contribution in [-0.4, -0.2) is 39.2 Å². The first-order valence-electron chi connectivity index (χ1n) is 11.9. The van der Waals surface area contributed by atoms with E-state index >= 15 is 0 Å². The van der Waals surface area contributed by atoms with Crippen LogP contribution in [0.15, 0.2) is 99.7 Å². The summed E-state index contributed by atoms with van der Waals surface area (Å²) in [5.41, 5.74) is 3.93. The number of methoxy groups -OCH3 is 1. The normalized spacial score (nSPS) is 11.3. The summed E-state index contributed by atoms with van der Waals surface area (Å²) in [6.45, 7) is -0.346. The molecule has 1 amide bonds. The number of amides is 1. The molecule has 212 valence electrons. The number of rotatable bonds is 11. The molecule has 4 rings (SSSR count). The van der Waals surface area contributed by atoms with Gasteiger partial charge in [0.15, 0.2) is 11.5 Å². The smallest absolute Gasteiger partial charge is 0.264 e. The van der Waals surface area contributed by atoms with Crippen molar-refractivity contribution in [1.82, 2.24) is 10.4 Å². The van der Waals surface area contributed by atoms with Crippen LogP contribution in [0.4, 0.5) is 5.69 Å². The number of hydrazone groups is 1. The molecule has 0 aliphatic heterocycles. The van der Waals surface area contributed by atoms with Crippen LogP contribution in [0.2, 0.25) is 10.0 Å². The van der Waals surface area contributed by atoms with Crippen molar-refractivity contribution in [3.63, 3.8) is 0 Å². The summed E-state index contributed by atoms with van der Waals surface area (Å²) < 4.78 is 39.6. The van der Waals surface area contributed by atoms with Crippen LogP contribution >= 0.6 is 39.1 Å². The second-order valence-corrected chi connectivity index (χ2v) is 11.9. The Balaban J connectivity index is 1.46. The van der Waals surface area contributed by atoms with Crippen molar-refractivity contribution in [2.24, 2.45) is 5.10 Å². The summed E-state index contributed by atoms with van der Waals surface area (Å²) in [7, 11) is -2.55. The second-order valence-electron chi connectivity index (χ2n) is 8.39. The molecule has 0 spiro atoms. The zero-order valence-corrected chi connectivity index (χ0v) is 25.4. The van der Waals surface area contributed by atoms with Crippen LogP contribution in [0.5, 0.6) is 11.5 Å². The lowest BCUT2D eigenvalue weighted by atomic mass is 10.2. The molecule has 41 heavy (non-hydrogen) atoms. The Morgan fingerprint density at radius 3 is 2.56 bits per heavy atom. The number of hydrogen-bond acceptors (Lipinski definition) is 7. The van der Waals surface area contributed by atoms with E-state index in [0.717, 1.165) is 9.87 Å². The molecule has 1 N–H and O–H groups in total. The van der Waals surface area contributed by atoms with E-state index < -0.39 is 22.5 Å². The summed E-state index contributed by atoms with van der Waals surface area (Å²) in [5.74, 6) is 0.197. The average molecular weight is 678 g/mol. The van der Waals surface area contributed by atoms with Crippen LogP contribution in [0, 0.1) is 0 Å². The van der Waals surface area contributed by atoms with E-state index in [1.54, 1.807) is 60.7 Å². The molecule has 0 fully saturated rings. The highest BCUT2D eigenvalue weighted by Crippen LogP contribution is 2.37. The third-order valence-electron chi connectivity index (χ3n) is 5.59. The highest BCUT2D eigenvalue weighted by Gasteiger charge is 2.27. The van der Waals surface area contributed by atoms with E-state index in [4.69, 9.17) is 32.7 Å². The number of pyridine rings is 1. The van der Waals surface area contributed by atoms with Gasteiger partial charge in [0.05, 0.1) is 34.6 Å². The van der Waals surface area contributed by atoms with E-state index in [0.29, 0.717) is 31.6 Å². The van der Waals surface area contributed by atoms with Gasteiger partial charge in [-0.25, -0.2) is 13.8 Å². The van der Waals surface area contributed by atoms with Gasteiger partial charge in [0.25, 0.3) is 15.9 Å². The van der Waals surface area contributed by atoms with Crippen molar-refractivity contribution < 1.29 is 22.7 Å². The molecule has 9 nitrogen and oxygen atoms in total. The van der Waals surface area contributed by atoms with Crippen molar-refractivity contribution in [2.45, 2.75) is 11.5 Å². The molecule has 0 atom stereocenters. The van der Waals surface area contributed by atoms with Gasteiger partial charge in [-0.05, 0) is 70.0 Å². The summed E-state index contributed by atoms with van der Waals surface area (Å²) in [5, 5.41) is 5.00. The van der Waals surface area contributed by atoms with Crippen molar-refractivity contribution in [3.8, 4) is 11.5 Å². The highest BCUT2D eigenvalue weighted by atomic mass is 79.9. The summed E-state index contributed by atoms with van der Waals surface area (Å²) in [6, 6.07) is 19.5. The number of ether oxygens (including phenoxy) is 2. The molecule has 13 heteroatoms. The van der Waals surface area contributed by atoms with E-state index in [1.165, 1.54) is 37.9 Å². The molecule has 0 bridgehead atoms. The number of anilines is 1. The minimum atomic E-state index is -4.05. The summed E-state index contributed by atoms with van der Waals surface area (Å²) in [6.07, 6.45) is 4.27. The predicted molar refractivity (Wildman–Crippen MR) is 162 cm³/mol. The van der Waals surface area contributed by atoms with Gasteiger partial charge in [-0.2, -0.15) is 5.10 Å². The first kappa shape index (κ1) is 30.3. The Morgan fingerprint density at radius 1 is 1.10 bits per heavy atom. The Labute approximate surface area is 255 Å². The van der Waals surface area contributed by atoms with Gasteiger partial charge in [-0.3, -0.25) is 14.1 Å². The molecular formula is C28H23BrCl2N4O5S. The maximum Gasteiger partial charge on any atom is 0.264 e. The minimum absolute atomic E-state index is 0.0396. The number of aromatic nitrogens is 1. The molecule has 0 aliphatic carbocycles. The third-order valence-corrected chi connectivity index (χ3v) is 8.56. The minimum Gasteiger partial charge on any atom is -0.493 e. The fraction of sp³-hybridized carbons (Fsp3) is 0.107. The maximum atomic E-state index is 13.3. The molecule has 0 saturated heterocycles. The SMILES string of the molecule is COc1cc(/C=N\NC(=O)CN(c2cccnc2)S(=O)(=O)c2ccccc2)cc(Br)c1OCc1ccc(Cl)cc1Cl. The number of nitrogens with zero attached hydrogens (tertiary/aromatic N) is 3.